The third-order valence-electron chi connectivity index (χ3n) is 3.86. The van der Waals surface area contributed by atoms with Crippen molar-refractivity contribution in [2.45, 2.75) is 23.8 Å². The van der Waals surface area contributed by atoms with Crippen molar-refractivity contribution in [3.05, 3.63) is 28.7 Å². The van der Waals surface area contributed by atoms with E-state index in [-0.39, 0.29) is 0 Å². The molecule has 120 valence electrons. The van der Waals surface area contributed by atoms with Crippen LogP contribution in [0.4, 0.5) is 0 Å². The second kappa shape index (κ2) is 6.43. The largest absolute Gasteiger partial charge is 0.360 e. The molecule has 0 spiro atoms. The van der Waals surface area contributed by atoms with Crippen molar-refractivity contribution in [2.24, 2.45) is 0 Å². The number of thiocarbonyl (C=S) groups is 1. The van der Waals surface area contributed by atoms with Crippen LogP contribution < -0.4 is 5.32 Å². The summed E-state index contributed by atoms with van der Waals surface area (Å²) in [6.07, 6.45) is 2.36. The van der Waals surface area contributed by atoms with Gasteiger partial charge in [0.2, 0.25) is 10.0 Å². The van der Waals surface area contributed by atoms with Gasteiger partial charge in [-0.3, -0.25) is 0 Å². The Hall–Kier alpha value is -0.700. The van der Waals surface area contributed by atoms with E-state index in [9.17, 15) is 8.42 Å². The molecule has 0 unspecified atom stereocenters. The zero-order valence-corrected chi connectivity index (χ0v) is 15.3. The van der Waals surface area contributed by atoms with Crippen molar-refractivity contribution in [3.8, 4) is 0 Å². The number of hydrogen-bond donors (Lipinski definition) is 1. The van der Waals surface area contributed by atoms with E-state index < -0.39 is 10.0 Å². The zero-order valence-electron chi connectivity index (χ0n) is 12.0. The molecule has 0 aromatic heterocycles. The summed E-state index contributed by atoms with van der Waals surface area (Å²) in [7, 11) is -3.43. The van der Waals surface area contributed by atoms with Gasteiger partial charge in [0, 0.05) is 36.7 Å². The third kappa shape index (κ3) is 3.61. The third-order valence-corrected chi connectivity index (χ3v) is 6.63. The van der Waals surface area contributed by atoms with Gasteiger partial charge in [-0.15, -0.1) is 0 Å². The summed E-state index contributed by atoms with van der Waals surface area (Å²) in [6.45, 7) is 2.18. The van der Waals surface area contributed by atoms with Crippen LogP contribution >= 0.6 is 28.1 Å². The quantitative estimate of drug-likeness (QED) is 0.779. The molecular weight excluding hydrogens is 386 g/mol. The van der Waals surface area contributed by atoms with Crippen molar-refractivity contribution in [2.75, 3.05) is 26.2 Å². The first-order valence-electron chi connectivity index (χ1n) is 7.28. The summed E-state index contributed by atoms with van der Waals surface area (Å²) in [4.78, 5) is 2.38. The molecule has 2 fully saturated rings. The molecule has 1 aromatic carbocycles. The van der Waals surface area contributed by atoms with Gasteiger partial charge >= 0.3 is 0 Å². The van der Waals surface area contributed by atoms with E-state index in [0.717, 1.165) is 9.59 Å². The molecule has 1 aromatic rings. The van der Waals surface area contributed by atoms with Gasteiger partial charge in [-0.05, 0) is 43.3 Å². The summed E-state index contributed by atoms with van der Waals surface area (Å²) in [6, 6.07) is 7.35. The summed E-state index contributed by atoms with van der Waals surface area (Å²) in [5.41, 5.74) is 0. The topological polar surface area (TPSA) is 52.7 Å². The van der Waals surface area contributed by atoms with Crippen molar-refractivity contribution in [1.82, 2.24) is 14.5 Å². The monoisotopic (exact) mass is 403 g/mol. The maximum absolute atomic E-state index is 12.6. The summed E-state index contributed by atoms with van der Waals surface area (Å²) in [5.74, 6) is 0. The van der Waals surface area contributed by atoms with Crippen LogP contribution in [0.3, 0.4) is 0 Å². The highest BCUT2D eigenvalue weighted by molar-refractivity contribution is 9.10. The lowest BCUT2D eigenvalue weighted by Crippen LogP contribution is -2.53. The van der Waals surface area contributed by atoms with Gasteiger partial charge in [0.1, 0.15) is 0 Å². The Morgan fingerprint density at radius 3 is 2.50 bits per heavy atom. The first-order valence-corrected chi connectivity index (χ1v) is 9.92. The van der Waals surface area contributed by atoms with Crippen LogP contribution in [0.5, 0.6) is 0 Å². The van der Waals surface area contributed by atoms with E-state index in [4.69, 9.17) is 12.2 Å². The number of sulfonamides is 1. The Kier molecular flexibility index (Phi) is 4.72. The summed E-state index contributed by atoms with van der Waals surface area (Å²) >= 11 is 8.69. The molecule has 0 bridgehead atoms. The van der Waals surface area contributed by atoms with Crippen LogP contribution in [0.25, 0.3) is 0 Å². The Bertz CT molecular complexity index is 668. The molecule has 1 aliphatic carbocycles. The number of benzene rings is 1. The van der Waals surface area contributed by atoms with Crippen LogP contribution in [0.1, 0.15) is 12.8 Å². The maximum atomic E-state index is 12.6. The van der Waals surface area contributed by atoms with Gasteiger partial charge in [-0.25, -0.2) is 8.42 Å². The fourth-order valence-electron chi connectivity index (χ4n) is 2.40. The lowest BCUT2D eigenvalue weighted by Gasteiger charge is -2.35. The van der Waals surface area contributed by atoms with Crippen molar-refractivity contribution >= 4 is 43.3 Å². The highest BCUT2D eigenvalue weighted by atomic mass is 79.9. The Labute approximate surface area is 144 Å². The lowest BCUT2D eigenvalue weighted by atomic mass is 10.4. The SMILES string of the molecule is O=S(=O)(c1cccc(Br)c1)N1CCN(C(=S)NC2CC2)CC1. The van der Waals surface area contributed by atoms with E-state index in [1.165, 1.54) is 17.1 Å². The molecule has 3 rings (SSSR count). The lowest BCUT2D eigenvalue weighted by molar-refractivity contribution is 0.264. The summed E-state index contributed by atoms with van der Waals surface area (Å²) in [5, 5.41) is 4.05. The number of hydrogen-bond acceptors (Lipinski definition) is 3. The Balaban J connectivity index is 1.63. The number of rotatable bonds is 3. The van der Waals surface area contributed by atoms with E-state index in [0.29, 0.717) is 37.1 Å². The van der Waals surface area contributed by atoms with E-state index in [1.54, 1.807) is 18.2 Å². The minimum Gasteiger partial charge on any atom is -0.360 e. The van der Waals surface area contributed by atoms with Crippen molar-refractivity contribution in [1.29, 1.82) is 0 Å². The molecular formula is C14H18BrN3O2S2. The molecule has 2 aliphatic rings. The second-order valence-corrected chi connectivity index (χ2v) is 8.81. The molecule has 1 heterocycles. The average Bonchev–Trinajstić information content (AvgIpc) is 3.31. The minimum absolute atomic E-state index is 0.328. The smallest absolute Gasteiger partial charge is 0.243 e. The van der Waals surface area contributed by atoms with Crippen LogP contribution in [0.15, 0.2) is 33.6 Å². The van der Waals surface area contributed by atoms with Crippen molar-refractivity contribution < 1.29 is 8.42 Å². The van der Waals surface area contributed by atoms with Gasteiger partial charge in [0.25, 0.3) is 0 Å². The Morgan fingerprint density at radius 2 is 1.91 bits per heavy atom. The fraction of sp³-hybridized carbons (Fsp3) is 0.500. The molecule has 8 heteroatoms. The maximum Gasteiger partial charge on any atom is 0.243 e. The number of halogens is 1. The molecule has 5 nitrogen and oxygen atoms in total. The van der Waals surface area contributed by atoms with Crippen molar-refractivity contribution in [3.63, 3.8) is 0 Å². The zero-order chi connectivity index (χ0) is 15.7. The number of nitrogens with one attached hydrogen (secondary N) is 1. The molecule has 1 saturated heterocycles. The number of piperazine rings is 1. The van der Waals surface area contributed by atoms with Gasteiger partial charge in [0.15, 0.2) is 5.11 Å². The predicted octanol–water partition coefficient (Wildman–Crippen LogP) is 1.79. The van der Waals surface area contributed by atoms with Crippen LogP contribution in [-0.4, -0.2) is 55.0 Å². The first-order chi connectivity index (χ1) is 10.5. The van der Waals surface area contributed by atoms with E-state index in [1.807, 2.05) is 6.07 Å². The van der Waals surface area contributed by atoms with Crippen LogP contribution in [0, 0.1) is 0 Å². The second-order valence-electron chi connectivity index (χ2n) is 5.57. The highest BCUT2D eigenvalue weighted by Crippen LogP contribution is 2.22. The molecule has 1 saturated carbocycles. The molecule has 0 radical (unpaired) electrons. The Morgan fingerprint density at radius 1 is 1.23 bits per heavy atom. The molecule has 0 atom stereocenters. The van der Waals surface area contributed by atoms with E-state index in [2.05, 4.69) is 26.1 Å². The van der Waals surface area contributed by atoms with Gasteiger partial charge in [-0.2, -0.15) is 4.31 Å². The highest BCUT2D eigenvalue weighted by Gasteiger charge is 2.30. The normalized spacial score (nSPS) is 20.0. The standard InChI is InChI=1S/C14H18BrN3O2S2/c15-11-2-1-3-13(10-11)22(19,20)18-8-6-17(7-9-18)14(21)16-12-4-5-12/h1-3,10,12H,4-9H2,(H,16,21). The van der Waals surface area contributed by atoms with Crippen LogP contribution in [0.2, 0.25) is 0 Å². The van der Waals surface area contributed by atoms with E-state index >= 15 is 0 Å². The first kappa shape index (κ1) is 16.2. The van der Waals surface area contributed by atoms with Gasteiger partial charge in [-0.1, -0.05) is 22.0 Å². The molecule has 0 amide bonds. The molecule has 1 aliphatic heterocycles. The van der Waals surface area contributed by atoms with Gasteiger partial charge in [0.05, 0.1) is 4.90 Å². The van der Waals surface area contributed by atoms with Crippen LogP contribution in [-0.2, 0) is 10.0 Å². The summed E-state index contributed by atoms with van der Waals surface area (Å²) < 4.78 is 27.6. The number of nitrogens with zero attached hydrogens (tertiary/aromatic N) is 2. The fourth-order valence-corrected chi connectivity index (χ4v) is 4.77. The molecule has 1 N–H and O–H groups in total. The minimum atomic E-state index is -3.43. The van der Waals surface area contributed by atoms with Gasteiger partial charge < -0.3 is 10.2 Å². The average molecular weight is 404 g/mol. The molecule has 22 heavy (non-hydrogen) atoms. The predicted molar refractivity (Wildman–Crippen MR) is 93.2 cm³/mol.